The highest BCUT2D eigenvalue weighted by molar-refractivity contribution is 7.80. The molecule has 0 radical (unpaired) electrons. The number of fused-ring (bicyclic) bond motifs is 2. The Balaban J connectivity index is 1.96. The highest BCUT2D eigenvalue weighted by Gasteiger charge is 2.31. The fourth-order valence-corrected chi connectivity index (χ4v) is 3.51. The van der Waals surface area contributed by atoms with Gasteiger partial charge in [-0.1, -0.05) is 43.0 Å². The summed E-state index contributed by atoms with van der Waals surface area (Å²) in [4.78, 5) is 13.7. The van der Waals surface area contributed by atoms with Crippen LogP contribution in [-0.4, -0.2) is 10.9 Å². The first kappa shape index (κ1) is 16.3. The molecule has 0 fully saturated rings. The molecule has 0 saturated carbocycles. The van der Waals surface area contributed by atoms with Gasteiger partial charge in [0.1, 0.15) is 5.75 Å². The van der Waals surface area contributed by atoms with Gasteiger partial charge >= 0.3 is 0 Å². The minimum atomic E-state index is -0.138. The van der Waals surface area contributed by atoms with Crippen LogP contribution in [-0.2, 0) is 0 Å². The first-order valence-electron chi connectivity index (χ1n) is 8.03. The lowest BCUT2D eigenvalue weighted by atomic mass is 9.80. The molecular weight excluding hydrogens is 344 g/mol. The van der Waals surface area contributed by atoms with Crippen molar-refractivity contribution in [3.63, 3.8) is 0 Å². The van der Waals surface area contributed by atoms with Crippen LogP contribution in [0.4, 0.5) is 17.1 Å². The number of anilines is 3. The van der Waals surface area contributed by atoms with Gasteiger partial charge in [0.05, 0.1) is 22.6 Å². The Morgan fingerprint density at radius 1 is 0.962 bits per heavy atom. The summed E-state index contributed by atoms with van der Waals surface area (Å²) in [5.41, 5.74) is 10.7. The Labute approximate surface area is 156 Å². The van der Waals surface area contributed by atoms with Crippen molar-refractivity contribution in [3.05, 3.63) is 83.4 Å². The van der Waals surface area contributed by atoms with Gasteiger partial charge in [0.2, 0.25) is 0 Å². The second-order valence-electron chi connectivity index (χ2n) is 6.10. The van der Waals surface area contributed by atoms with Crippen molar-refractivity contribution in [3.8, 4) is 5.75 Å². The first-order valence-corrected chi connectivity index (χ1v) is 8.47. The number of carbonyl (C=O) groups excluding carboxylic acids is 1. The van der Waals surface area contributed by atoms with E-state index in [1.807, 2.05) is 18.2 Å². The Morgan fingerprint density at radius 2 is 1.62 bits per heavy atom. The minimum absolute atomic E-state index is 0.0845. The van der Waals surface area contributed by atoms with Crippen LogP contribution in [0.2, 0.25) is 0 Å². The average Bonchev–Trinajstić information content (AvgIpc) is 2.64. The van der Waals surface area contributed by atoms with Crippen LogP contribution in [0.15, 0.2) is 66.1 Å². The van der Waals surface area contributed by atoms with Gasteiger partial charge in [-0.2, -0.15) is 0 Å². The maximum Gasteiger partial charge on any atom is 0.196 e. The topological polar surface area (TPSA) is 75.3 Å². The molecule has 0 bridgehead atoms. The Morgan fingerprint density at radius 3 is 2.35 bits per heavy atom. The standard InChI is InChI=1S/C21H16N2O2S/c1-11-12-6-2-3-7-13(12)21(25)19-15(10-17(26)20(22)18(11)19)23-14-8-4-5-9-16(14)24/h2-10,23-24,26H,1,22H2. The molecule has 3 aromatic rings. The molecule has 26 heavy (non-hydrogen) atoms. The maximum absolute atomic E-state index is 13.2. The number of ketones is 1. The molecule has 0 saturated heterocycles. The van der Waals surface area contributed by atoms with E-state index in [1.165, 1.54) is 0 Å². The number of hydrogen-bond acceptors (Lipinski definition) is 5. The molecule has 0 amide bonds. The summed E-state index contributed by atoms with van der Waals surface area (Å²) < 4.78 is 0. The summed E-state index contributed by atoms with van der Waals surface area (Å²) in [6.45, 7) is 4.16. The molecule has 128 valence electrons. The van der Waals surface area contributed by atoms with Gasteiger partial charge in [-0.25, -0.2) is 0 Å². The number of nitrogen functional groups attached to an aromatic ring is 1. The number of thiol groups is 1. The number of hydrogen-bond donors (Lipinski definition) is 4. The van der Waals surface area contributed by atoms with Gasteiger partial charge in [0.15, 0.2) is 5.78 Å². The van der Waals surface area contributed by atoms with Gasteiger partial charge in [0, 0.05) is 16.0 Å². The van der Waals surface area contributed by atoms with Crippen LogP contribution < -0.4 is 11.1 Å². The van der Waals surface area contributed by atoms with Crippen molar-refractivity contribution in [2.45, 2.75) is 4.90 Å². The van der Waals surface area contributed by atoms with Crippen molar-refractivity contribution < 1.29 is 9.90 Å². The predicted molar refractivity (Wildman–Crippen MR) is 108 cm³/mol. The molecule has 0 unspecified atom stereocenters. The van der Waals surface area contributed by atoms with Crippen LogP contribution in [0.25, 0.3) is 5.57 Å². The third-order valence-corrected chi connectivity index (χ3v) is 4.91. The quantitative estimate of drug-likeness (QED) is 0.239. The fraction of sp³-hybridized carbons (Fsp3) is 0. The normalized spacial score (nSPS) is 12.5. The molecule has 4 nitrogen and oxygen atoms in total. The van der Waals surface area contributed by atoms with E-state index >= 15 is 0 Å². The van der Waals surface area contributed by atoms with Crippen molar-refractivity contribution in [2.75, 3.05) is 11.1 Å². The zero-order valence-corrected chi connectivity index (χ0v) is 14.7. The zero-order valence-electron chi connectivity index (χ0n) is 13.8. The number of aromatic hydroxyl groups is 1. The summed E-state index contributed by atoms with van der Waals surface area (Å²) in [5.74, 6) is -0.0535. The molecule has 4 N–H and O–H groups in total. The Kier molecular flexibility index (Phi) is 3.74. The SMILES string of the molecule is C=C1c2ccccc2C(=O)c2c(Nc3ccccc3O)cc(S)c(N)c21. The summed E-state index contributed by atoms with van der Waals surface area (Å²) in [5, 5.41) is 13.2. The van der Waals surface area contributed by atoms with Crippen LogP contribution in [0, 0.1) is 0 Å². The number of nitrogens with one attached hydrogen (secondary N) is 1. The van der Waals surface area contributed by atoms with Gasteiger partial charge in [-0.3, -0.25) is 4.79 Å². The Hall–Kier alpha value is -3.18. The zero-order chi connectivity index (χ0) is 18.4. The number of benzene rings is 3. The molecule has 5 heteroatoms. The lowest BCUT2D eigenvalue weighted by Gasteiger charge is -2.26. The number of para-hydroxylation sites is 2. The smallest absolute Gasteiger partial charge is 0.196 e. The van der Waals surface area contributed by atoms with Crippen molar-refractivity contribution >= 4 is 41.0 Å². The lowest BCUT2D eigenvalue weighted by Crippen LogP contribution is -2.18. The predicted octanol–water partition coefficient (Wildman–Crippen LogP) is 4.61. The van der Waals surface area contributed by atoms with Gasteiger partial charge in [-0.15, -0.1) is 12.6 Å². The number of phenols is 1. The lowest BCUT2D eigenvalue weighted by molar-refractivity contribution is 0.103. The van der Waals surface area contributed by atoms with Gasteiger partial charge < -0.3 is 16.2 Å². The van der Waals surface area contributed by atoms with Gasteiger partial charge in [-0.05, 0) is 29.3 Å². The van der Waals surface area contributed by atoms with Crippen LogP contribution >= 0.6 is 12.6 Å². The number of nitrogens with two attached hydrogens (primary N) is 1. The molecule has 4 rings (SSSR count). The third-order valence-electron chi connectivity index (χ3n) is 4.54. The van der Waals surface area contributed by atoms with Crippen LogP contribution in [0.1, 0.15) is 27.0 Å². The summed E-state index contributed by atoms with van der Waals surface area (Å²) >= 11 is 4.45. The summed E-state index contributed by atoms with van der Waals surface area (Å²) in [6.07, 6.45) is 0. The van der Waals surface area contributed by atoms with E-state index in [9.17, 15) is 9.90 Å². The van der Waals surface area contributed by atoms with Crippen molar-refractivity contribution in [1.29, 1.82) is 0 Å². The van der Waals surface area contributed by atoms with E-state index < -0.39 is 0 Å². The molecular formula is C21H16N2O2S. The molecule has 3 aromatic carbocycles. The minimum Gasteiger partial charge on any atom is -0.506 e. The van der Waals surface area contributed by atoms with Crippen molar-refractivity contribution in [2.24, 2.45) is 0 Å². The molecule has 0 aromatic heterocycles. The van der Waals surface area contributed by atoms with E-state index in [1.54, 1.807) is 36.4 Å². The molecule has 1 aliphatic rings. The van der Waals surface area contributed by atoms with Crippen LogP contribution in [0.3, 0.4) is 0 Å². The van der Waals surface area contributed by atoms with E-state index in [2.05, 4.69) is 24.5 Å². The highest BCUT2D eigenvalue weighted by Crippen LogP contribution is 2.44. The Bertz CT molecular complexity index is 1090. The molecule has 0 atom stereocenters. The molecule has 0 spiro atoms. The molecule has 1 aliphatic carbocycles. The highest BCUT2D eigenvalue weighted by atomic mass is 32.1. The molecule has 0 aliphatic heterocycles. The number of carbonyl (C=O) groups is 1. The fourth-order valence-electron chi connectivity index (χ4n) is 3.27. The van der Waals surface area contributed by atoms with E-state index in [0.29, 0.717) is 44.2 Å². The van der Waals surface area contributed by atoms with E-state index in [-0.39, 0.29) is 11.5 Å². The van der Waals surface area contributed by atoms with Crippen LogP contribution in [0.5, 0.6) is 5.75 Å². The number of phenolic OH excluding ortho intramolecular Hbond substituents is 1. The van der Waals surface area contributed by atoms with Gasteiger partial charge in [0.25, 0.3) is 0 Å². The number of rotatable bonds is 2. The first-order chi connectivity index (χ1) is 12.5. The summed E-state index contributed by atoms with van der Waals surface area (Å²) in [6, 6.07) is 15.8. The second kappa shape index (κ2) is 5.97. The summed E-state index contributed by atoms with van der Waals surface area (Å²) in [7, 11) is 0. The monoisotopic (exact) mass is 360 g/mol. The second-order valence-corrected chi connectivity index (χ2v) is 6.58. The maximum atomic E-state index is 13.2. The average molecular weight is 360 g/mol. The van der Waals surface area contributed by atoms with Crippen molar-refractivity contribution in [1.82, 2.24) is 0 Å². The van der Waals surface area contributed by atoms with E-state index in [0.717, 1.165) is 5.56 Å². The molecule has 0 heterocycles. The largest absolute Gasteiger partial charge is 0.506 e. The van der Waals surface area contributed by atoms with E-state index in [4.69, 9.17) is 5.73 Å². The third kappa shape index (κ3) is 2.36.